The molecule has 0 bridgehead atoms. The molecule has 2 rings (SSSR count). The second-order valence-corrected chi connectivity index (χ2v) is 9.10. The monoisotopic (exact) mass is 394 g/mol. The summed E-state index contributed by atoms with van der Waals surface area (Å²) in [4.78, 5) is 1.09. The normalized spacial score (nSPS) is 20.6. The topological polar surface area (TPSA) is 20.2 Å². The van der Waals surface area contributed by atoms with Gasteiger partial charge in [0.2, 0.25) is 0 Å². The maximum Gasteiger partial charge on any atom is 0.0938 e. The summed E-state index contributed by atoms with van der Waals surface area (Å²) in [6.07, 6.45) is 5.67. The maximum atomic E-state index is 10.8. The van der Waals surface area contributed by atoms with Gasteiger partial charge in [-0.25, -0.2) is 0 Å². The summed E-state index contributed by atoms with van der Waals surface area (Å²) < 4.78 is 2.13. The van der Waals surface area contributed by atoms with Crippen molar-refractivity contribution < 1.29 is 5.11 Å². The van der Waals surface area contributed by atoms with Crippen molar-refractivity contribution >= 4 is 43.2 Å². The largest absolute Gasteiger partial charge is 0.387 e. The van der Waals surface area contributed by atoms with Crippen LogP contribution in [0.15, 0.2) is 14.3 Å². The van der Waals surface area contributed by atoms with Crippen molar-refractivity contribution in [1.29, 1.82) is 0 Å². The van der Waals surface area contributed by atoms with E-state index in [-0.39, 0.29) is 11.5 Å². The third-order valence-electron chi connectivity index (χ3n) is 3.93. The molecule has 0 saturated heterocycles. The van der Waals surface area contributed by atoms with Crippen LogP contribution in [0, 0.1) is 11.3 Å². The molecule has 0 amide bonds. The molecule has 0 spiro atoms. The van der Waals surface area contributed by atoms with Gasteiger partial charge < -0.3 is 5.11 Å². The maximum absolute atomic E-state index is 10.8. The molecule has 4 heteroatoms. The Morgan fingerprint density at radius 1 is 1.33 bits per heavy atom. The second kappa shape index (κ2) is 5.94. The molecule has 1 aliphatic carbocycles. The highest BCUT2D eigenvalue weighted by Gasteiger charge is 2.42. The van der Waals surface area contributed by atoms with Crippen LogP contribution in [-0.4, -0.2) is 5.11 Å². The minimum absolute atomic E-state index is 0.109. The zero-order valence-electron chi connectivity index (χ0n) is 10.9. The van der Waals surface area contributed by atoms with Crippen LogP contribution >= 0.6 is 43.2 Å². The van der Waals surface area contributed by atoms with Crippen molar-refractivity contribution in [2.75, 3.05) is 0 Å². The third kappa shape index (κ3) is 3.02. The SMILES string of the molecule is CC(C)CC1(C(O)c2cc(Br)c(Br)s2)CCCC1. The Morgan fingerprint density at radius 2 is 1.94 bits per heavy atom. The van der Waals surface area contributed by atoms with Crippen molar-refractivity contribution in [3.05, 3.63) is 19.2 Å². The fourth-order valence-corrected chi connectivity index (χ4v) is 5.50. The highest BCUT2D eigenvalue weighted by Crippen LogP contribution is 2.53. The number of rotatable bonds is 4. The molecule has 18 heavy (non-hydrogen) atoms. The molecule has 1 heterocycles. The van der Waals surface area contributed by atoms with Gasteiger partial charge in [-0.2, -0.15) is 0 Å². The lowest BCUT2D eigenvalue weighted by Gasteiger charge is -2.35. The molecular formula is C14H20Br2OS. The van der Waals surface area contributed by atoms with Crippen LogP contribution in [0.4, 0.5) is 0 Å². The molecule has 0 aromatic carbocycles. The number of aliphatic hydroxyl groups is 1. The summed E-state index contributed by atoms with van der Waals surface area (Å²) in [5.74, 6) is 0.643. The summed E-state index contributed by atoms with van der Waals surface area (Å²) in [7, 11) is 0. The van der Waals surface area contributed by atoms with Crippen LogP contribution in [0.1, 0.15) is 56.9 Å². The van der Waals surface area contributed by atoms with Gasteiger partial charge in [0.1, 0.15) is 0 Å². The Kier molecular flexibility index (Phi) is 4.96. The molecule has 1 aliphatic rings. The Bertz CT molecular complexity index is 388. The zero-order chi connectivity index (χ0) is 13.3. The van der Waals surface area contributed by atoms with E-state index in [4.69, 9.17) is 0 Å². The molecule has 1 unspecified atom stereocenters. The van der Waals surface area contributed by atoms with Gasteiger partial charge in [-0.1, -0.05) is 26.7 Å². The molecule has 1 nitrogen and oxygen atoms in total. The van der Waals surface area contributed by atoms with Gasteiger partial charge >= 0.3 is 0 Å². The van der Waals surface area contributed by atoms with Crippen molar-refractivity contribution in [2.45, 2.75) is 52.1 Å². The fourth-order valence-electron chi connectivity index (χ4n) is 3.28. The lowest BCUT2D eigenvalue weighted by Crippen LogP contribution is -2.27. The van der Waals surface area contributed by atoms with Crippen LogP contribution in [0.3, 0.4) is 0 Å². The molecule has 1 aromatic rings. The summed E-state index contributed by atoms with van der Waals surface area (Å²) in [6, 6.07) is 2.07. The van der Waals surface area contributed by atoms with Crippen molar-refractivity contribution in [3.63, 3.8) is 0 Å². The first-order valence-electron chi connectivity index (χ1n) is 6.57. The van der Waals surface area contributed by atoms with E-state index in [2.05, 4.69) is 51.8 Å². The predicted molar refractivity (Wildman–Crippen MR) is 85.0 cm³/mol. The smallest absolute Gasteiger partial charge is 0.0938 e. The van der Waals surface area contributed by atoms with Crippen LogP contribution in [-0.2, 0) is 0 Å². The minimum Gasteiger partial charge on any atom is -0.387 e. The number of hydrogen-bond donors (Lipinski definition) is 1. The average Bonchev–Trinajstić information content (AvgIpc) is 2.86. The third-order valence-corrected chi connectivity index (χ3v) is 7.24. The summed E-state index contributed by atoms with van der Waals surface area (Å²) >= 11 is 8.69. The lowest BCUT2D eigenvalue weighted by atomic mass is 9.73. The van der Waals surface area contributed by atoms with Gasteiger partial charge in [-0.05, 0) is 63.1 Å². The molecule has 1 fully saturated rings. The van der Waals surface area contributed by atoms with Gasteiger partial charge in [-0.3, -0.25) is 0 Å². The summed E-state index contributed by atoms with van der Waals surface area (Å²) in [5, 5.41) is 10.8. The van der Waals surface area contributed by atoms with Crippen molar-refractivity contribution in [2.24, 2.45) is 11.3 Å². The molecule has 0 aliphatic heterocycles. The summed E-state index contributed by atoms with van der Waals surface area (Å²) in [6.45, 7) is 4.51. The molecule has 1 aromatic heterocycles. The predicted octanol–water partition coefficient (Wildman–Crippen LogP) is 5.91. The van der Waals surface area contributed by atoms with Gasteiger partial charge in [0, 0.05) is 14.8 Å². The Balaban J connectivity index is 2.25. The standard InChI is InChI=1S/C14H20Br2OS/c1-9(2)8-14(5-3-4-6-14)12(17)11-7-10(15)13(16)18-11/h7,9,12,17H,3-6,8H2,1-2H3. The fraction of sp³-hybridized carbons (Fsp3) is 0.714. The Morgan fingerprint density at radius 3 is 2.39 bits per heavy atom. The number of halogens is 2. The van der Waals surface area contributed by atoms with E-state index in [1.54, 1.807) is 11.3 Å². The molecule has 0 radical (unpaired) electrons. The quantitative estimate of drug-likeness (QED) is 0.671. The molecule has 102 valence electrons. The average molecular weight is 396 g/mol. The highest BCUT2D eigenvalue weighted by atomic mass is 79.9. The van der Waals surface area contributed by atoms with E-state index in [0.29, 0.717) is 5.92 Å². The van der Waals surface area contributed by atoms with Gasteiger partial charge in [-0.15, -0.1) is 11.3 Å². The van der Waals surface area contributed by atoms with E-state index >= 15 is 0 Å². The van der Waals surface area contributed by atoms with Gasteiger partial charge in [0.25, 0.3) is 0 Å². The number of thiophene rings is 1. The first-order chi connectivity index (χ1) is 8.44. The van der Waals surface area contributed by atoms with E-state index in [0.717, 1.165) is 19.6 Å². The van der Waals surface area contributed by atoms with Crippen LogP contribution in [0.25, 0.3) is 0 Å². The van der Waals surface area contributed by atoms with E-state index in [9.17, 15) is 5.11 Å². The van der Waals surface area contributed by atoms with Crippen LogP contribution in [0.2, 0.25) is 0 Å². The zero-order valence-corrected chi connectivity index (χ0v) is 14.9. The van der Waals surface area contributed by atoms with E-state index in [1.807, 2.05) is 0 Å². The highest BCUT2D eigenvalue weighted by molar-refractivity contribution is 9.13. The van der Waals surface area contributed by atoms with Gasteiger partial charge in [0.05, 0.1) is 9.89 Å². The second-order valence-electron chi connectivity index (χ2n) is 5.84. The number of hydrogen-bond acceptors (Lipinski definition) is 2. The number of aliphatic hydroxyl groups excluding tert-OH is 1. The molecule has 1 atom stereocenters. The first kappa shape index (κ1) is 15.0. The molecule has 1 N–H and O–H groups in total. The Labute approximate surface area is 130 Å². The summed E-state index contributed by atoms with van der Waals surface area (Å²) in [5.41, 5.74) is 0.109. The van der Waals surface area contributed by atoms with Crippen LogP contribution < -0.4 is 0 Å². The Hall–Kier alpha value is 0.620. The lowest BCUT2D eigenvalue weighted by molar-refractivity contribution is 0.0137. The van der Waals surface area contributed by atoms with E-state index < -0.39 is 0 Å². The minimum atomic E-state index is -0.310. The molecular weight excluding hydrogens is 376 g/mol. The first-order valence-corrected chi connectivity index (χ1v) is 8.98. The van der Waals surface area contributed by atoms with Crippen molar-refractivity contribution in [3.8, 4) is 0 Å². The van der Waals surface area contributed by atoms with Crippen LogP contribution in [0.5, 0.6) is 0 Å². The van der Waals surface area contributed by atoms with E-state index in [1.165, 1.54) is 25.7 Å². The van der Waals surface area contributed by atoms with Gasteiger partial charge in [0.15, 0.2) is 0 Å². The van der Waals surface area contributed by atoms with Crippen molar-refractivity contribution in [1.82, 2.24) is 0 Å². The molecule has 1 saturated carbocycles.